The quantitative estimate of drug-likeness (QED) is 0.484. The van der Waals surface area contributed by atoms with Crippen molar-refractivity contribution in [3.8, 4) is 5.75 Å². The number of rotatable bonds is 10. The summed E-state index contributed by atoms with van der Waals surface area (Å²) in [6.07, 6.45) is 2.33. The Balaban J connectivity index is 1.20. The molecule has 196 valence electrons. The molecule has 2 aromatic carbocycles. The van der Waals surface area contributed by atoms with Gasteiger partial charge in [-0.1, -0.05) is 12.1 Å². The average molecular weight is 538 g/mol. The van der Waals surface area contributed by atoms with Crippen molar-refractivity contribution in [3.05, 3.63) is 54.1 Å². The third kappa shape index (κ3) is 6.43. The van der Waals surface area contributed by atoms with Gasteiger partial charge in [-0.3, -0.25) is 4.79 Å². The number of ether oxygens (including phenoxy) is 2. The van der Waals surface area contributed by atoms with E-state index < -0.39 is 20.0 Å². The Morgan fingerprint density at radius 1 is 0.806 bits per heavy atom. The fourth-order valence-electron chi connectivity index (χ4n) is 4.10. The van der Waals surface area contributed by atoms with E-state index in [0.29, 0.717) is 58.1 Å². The molecule has 2 aliphatic rings. The lowest BCUT2D eigenvalue weighted by molar-refractivity contribution is -0.123. The Kier molecular flexibility index (Phi) is 8.62. The zero-order valence-electron chi connectivity index (χ0n) is 20.0. The summed E-state index contributed by atoms with van der Waals surface area (Å²) < 4.78 is 64.1. The maximum atomic E-state index is 12.7. The number of benzene rings is 2. The SMILES string of the molecule is O=C(COc1ccc(S(=O)(=O)N2CCOCC2)cc1)NCCc1ccc(S(=O)(=O)N2CCCC2)cc1. The molecule has 36 heavy (non-hydrogen) atoms. The maximum Gasteiger partial charge on any atom is 0.257 e. The first kappa shape index (κ1) is 26.6. The number of nitrogens with one attached hydrogen (secondary N) is 1. The van der Waals surface area contributed by atoms with Crippen LogP contribution in [0.3, 0.4) is 0 Å². The Morgan fingerprint density at radius 2 is 1.33 bits per heavy atom. The van der Waals surface area contributed by atoms with Crippen LogP contribution in [-0.2, 0) is 36.0 Å². The van der Waals surface area contributed by atoms with E-state index in [1.807, 2.05) is 0 Å². The molecule has 0 bridgehead atoms. The van der Waals surface area contributed by atoms with Crippen LogP contribution in [0.1, 0.15) is 18.4 Å². The van der Waals surface area contributed by atoms with Crippen molar-refractivity contribution in [3.63, 3.8) is 0 Å². The van der Waals surface area contributed by atoms with Crippen LogP contribution < -0.4 is 10.1 Å². The predicted octanol–water partition coefficient (Wildman–Crippen LogP) is 1.23. The minimum atomic E-state index is -3.58. The molecule has 12 heteroatoms. The molecule has 0 spiro atoms. The molecular weight excluding hydrogens is 506 g/mol. The Labute approximate surface area is 212 Å². The number of carbonyl (C=O) groups is 1. The van der Waals surface area contributed by atoms with E-state index in [1.165, 1.54) is 32.9 Å². The van der Waals surface area contributed by atoms with Gasteiger partial charge in [0.2, 0.25) is 20.0 Å². The van der Waals surface area contributed by atoms with Crippen LogP contribution in [0.25, 0.3) is 0 Å². The molecule has 2 aliphatic heterocycles. The van der Waals surface area contributed by atoms with E-state index in [4.69, 9.17) is 9.47 Å². The molecule has 2 heterocycles. The highest BCUT2D eigenvalue weighted by atomic mass is 32.2. The van der Waals surface area contributed by atoms with Crippen molar-refractivity contribution in [2.45, 2.75) is 29.1 Å². The van der Waals surface area contributed by atoms with E-state index in [1.54, 1.807) is 24.3 Å². The summed E-state index contributed by atoms with van der Waals surface area (Å²) in [6, 6.07) is 12.7. The van der Waals surface area contributed by atoms with Gasteiger partial charge in [0.05, 0.1) is 23.0 Å². The first-order valence-electron chi connectivity index (χ1n) is 11.9. The minimum Gasteiger partial charge on any atom is -0.484 e. The van der Waals surface area contributed by atoms with Gasteiger partial charge in [-0.25, -0.2) is 16.8 Å². The molecule has 0 aromatic heterocycles. The lowest BCUT2D eigenvalue weighted by atomic mass is 10.1. The highest BCUT2D eigenvalue weighted by Crippen LogP contribution is 2.22. The van der Waals surface area contributed by atoms with Gasteiger partial charge in [-0.15, -0.1) is 0 Å². The highest BCUT2D eigenvalue weighted by Gasteiger charge is 2.27. The summed E-state index contributed by atoms with van der Waals surface area (Å²) in [5.41, 5.74) is 0.911. The lowest BCUT2D eigenvalue weighted by Gasteiger charge is -2.26. The van der Waals surface area contributed by atoms with Gasteiger partial charge in [0.1, 0.15) is 5.75 Å². The first-order valence-corrected chi connectivity index (χ1v) is 14.8. The normalized spacial score (nSPS) is 17.7. The molecule has 2 fully saturated rings. The van der Waals surface area contributed by atoms with Crippen LogP contribution in [0.5, 0.6) is 5.75 Å². The smallest absolute Gasteiger partial charge is 0.257 e. The number of sulfonamides is 2. The van der Waals surface area contributed by atoms with Gasteiger partial charge in [-0.05, 0) is 61.2 Å². The van der Waals surface area contributed by atoms with E-state index >= 15 is 0 Å². The second-order valence-electron chi connectivity index (χ2n) is 8.63. The second kappa shape index (κ2) is 11.7. The van der Waals surface area contributed by atoms with Crippen molar-refractivity contribution >= 4 is 26.0 Å². The maximum absolute atomic E-state index is 12.7. The highest BCUT2D eigenvalue weighted by molar-refractivity contribution is 7.89. The molecule has 1 amide bonds. The molecule has 0 aliphatic carbocycles. The molecule has 0 saturated carbocycles. The predicted molar refractivity (Wildman–Crippen MR) is 133 cm³/mol. The van der Waals surface area contributed by atoms with E-state index in [0.717, 1.165) is 18.4 Å². The molecular formula is C24H31N3O7S2. The van der Waals surface area contributed by atoms with Crippen LogP contribution in [0.2, 0.25) is 0 Å². The molecule has 0 unspecified atom stereocenters. The molecule has 2 aromatic rings. The van der Waals surface area contributed by atoms with Crippen molar-refractivity contribution in [1.82, 2.24) is 13.9 Å². The van der Waals surface area contributed by atoms with Crippen LogP contribution >= 0.6 is 0 Å². The topological polar surface area (TPSA) is 122 Å². The van der Waals surface area contributed by atoms with Crippen LogP contribution in [0, 0.1) is 0 Å². The summed E-state index contributed by atoms with van der Waals surface area (Å²) in [5.74, 6) is 0.0779. The molecule has 2 saturated heterocycles. The van der Waals surface area contributed by atoms with Crippen molar-refractivity contribution in [2.24, 2.45) is 0 Å². The van der Waals surface area contributed by atoms with Crippen molar-refractivity contribution < 1.29 is 31.1 Å². The van der Waals surface area contributed by atoms with Crippen molar-refractivity contribution in [2.75, 3.05) is 52.5 Å². The monoisotopic (exact) mass is 537 g/mol. The van der Waals surface area contributed by atoms with E-state index in [9.17, 15) is 21.6 Å². The zero-order chi connectivity index (χ0) is 25.6. The van der Waals surface area contributed by atoms with Gasteiger partial charge >= 0.3 is 0 Å². The molecule has 0 atom stereocenters. The fraction of sp³-hybridized carbons (Fsp3) is 0.458. The summed E-state index contributed by atoms with van der Waals surface area (Å²) in [7, 11) is -7.01. The third-order valence-electron chi connectivity index (χ3n) is 6.16. The zero-order valence-corrected chi connectivity index (χ0v) is 21.6. The van der Waals surface area contributed by atoms with E-state index in [2.05, 4.69) is 5.32 Å². The van der Waals surface area contributed by atoms with Gasteiger partial charge in [0.15, 0.2) is 6.61 Å². The number of nitrogens with zero attached hydrogens (tertiary/aromatic N) is 2. The van der Waals surface area contributed by atoms with Gasteiger partial charge < -0.3 is 14.8 Å². The lowest BCUT2D eigenvalue weighted by Crippen LogP contribution is -2.40. The Morgan fingerprint density at radius 3 is 1.92 bits per heavy atom. The Hall–Kier alpha value is -2.51. The number of amides is 1. The van der Waals surface area contributed by atoms with Crippen LogP contribution in [0.4, 0.5) is 0 Å². The van der Waals surface area contributed by atoms with Crippen molar-refractivity contribution in [1.29, 1.82) is 0 Å². The summed E-state index contributed by atoms with van der Waals surface area (Å²) in [6.45, 7) is 2.69. The summed E-state index contributed by atoms with van der Waals surface area (Å²) in [5, 5.41) is 2.76. The molecule has 4 rings (SSSR count). The molecule has 1 N–H and O–H groups in total. The van der Waals surface area contributed by atoms with Gasteiger partial charge in [0.25, 0.3) is 5.91 Å². The average Bonchev–Trinajstić information content (AvgIpc) is 3.45. The van der Waals surface area contributed by atoms with Crippen LogP contribution in [0.15, 0.2) is 58.3 Å². The summed E-state index contributed by atoms with van der Waals surface area (Å²) >= 11 is 0. The number of hydrogen-bond donors (Lipinski definition) is 1. The Bertz CT molecular complexity index is 1240. The number of morpholine rings is 1. The third-order valence-corrected chi connectivity index (χ3v) is 9.99. The van der Waals surface area contributed by atoms with Gasteiger partial charge in [-0.2, -0.15) is 8.61 Å². The second-order valence-corrected chi connectivity index (χ2v) is 12.5. The number of carbonyl (C=O) groups excluding carboxylic acids is 1. The standard InChI is InChI=1S/C24H31N3O7S2/c28-24(19-34-21-5-9-23(10-6-21)36(31,32)27-15-17-33-18-16-27)25-12-11-20-3-7-22(8-4-20)35(29,30)26-13-1-2-14-26/h3-10H,1-2,11-19H2,(H,25,28). The van der Waals surface area contributed by atoms with Crippen LogP contribution in [-0.4, -0.2) is 83.9 Å². The minimum absolute atomic E-state index is 0.167. The fourth-order valence-corrected chi connectivity index (χ4v) is 7.02. The first-order chi connectivity index (χ1) is 17.3. The largest absolute Gasteiger partial charge is 0.484 e. The van der Waals surface area contributed by atoms with E-state index in [-0.39, 0.29) is 22.3 Å². The number of hydrogen-bond acceptors (Lipinski definition) is 7. The van der Waals surface area contributed by atoms with Gasteiger partial charge in [0, 0.05) is 32.7 Å². The summed E-state index contributed by atoms with van der Waals surface area (Å²) in [4.78, 5) is 12.6. The molecule has 0 radical (unpaired) electrons. The molecule has 10 nitrogen and oxygen atoms in total.